The largest absolute Gasteiger partial charge is 0.460 e. The molecule has 0 unspecified atom stereocenters. The lowest BCUT2D eigenvalue weighted by Crippen LogP contribution is -2.19. The van der Waals surface area contributed by atoms with Crippen LogP contribution in [0.5, 0.6) is 0 Å². The normalized spacial score (nSPS) is 10.5. The van der Waals surface area contributed by atoms with Crippen LogP contribution in [-0.2, 0) is 23.9 Å². The Balaban J connectivity index is 0.00000265. The quantitative estimate of drug-likeness (QED) is 0.133. The van der Waals surface area contributed by atoms with Crippen molar-refractivity contribution in [3.63, 3.8) is 0 Å². The van der Waals surface area contributed by atoms with Crippen molar-refractivity contribution in [2.45, 2.75) is 27.2 Å². The maximum atomic E-state index is 11.7. The Hall–Kier alpha value is -3.86. The van der Waals surface area contributed by atoms with Crippen LogP contribution in [0.1, 0.15) is 41.9 Å². The molecule has 0 aliphatic rings. The summed E-state index contributed by atoms with van der Waals surface area (Å²) in [5.74, 6) is -1.24. The second kappa shape index (κ2) is 15.0. The predicted octanol–water partition coefficient (Wildman–Crippen LogP) is 2.82. The average Bonchev–Trinajstić information content (AvgIpc) is 2.85. The maximum Gasteiger partial charge on any atom is 0.338 e. The summed E-state index contributed by atoms with van der Waals surface area (Å²) < 4.78 is 10.3. The Kier molecular flexibility index (Phi) is 12.4. The van der Waals surface area contributed by atoms with Crippen molar-refractivity contribution in [3.8, 4) is 0 Å². The Bertz CT molecular complexity index is 949. The molecular formula is C22H29N4O7+. The second-order valence-corrected chi connectivity index (χ2v) is 6.10. The lowest BCUT2D eigenvalue weighted by Gasteiger charge is -2.06. The summed E-state index contributed by atoms with van der Waals surface area (Å²) in [7, 11) is 1.23. The lowest BCUT2D eigenvalue weighted by atomic mass is 10.2. The molecule has 0 fully saturated rings. The van der Waals surface area contributed by atoms with E-state index < -0.39 is 11.9 Å². The average molecular weight is 461 g/mol. The highest BCUT2D eigenvalue weighted by Gasteiger charge is 2.18. The minimum Gasteiger partial charge on any atom is -0.460 e. The van der Waals surface area contributed by atoms with Gasteiger partial charge in [-0.3, -0.25) is 0 Å². The summed E-state index contributed by atoms with van der Waals surface area (Å²) in [6.07, 6.45) is 1.18. The molecule has 2 N–H and O–H groups in total. The van der Waals surface area contributed by atoms with E-state index in [2.05, 4.69) is 15.0 Å². The van der Waals surface area contributed by atoms with Crippen LogP contribution in [0.4, 0.5) is 5.69 Å². The monoisotopic (exact) mass is 461 g/mol. The fourth-order valence-electron chi connectivity index (χ4n) is 2.33. The van der Waals surface area contributed by atoms with E-state index in [4.69, 9.17) is 20.0 Å². The van der Waals surface area contributed by atoms with Crippen LogP contribution in [0.15, 0.2) is 47.8 Å². The highest BCUT2D eigenvalue weighted by atomic mass is 16.8. The number of pyridine rings is 1. The number of rotatable bonds is 11. The Morgan fingerprint density at radius 3 is 2.45 bits per heavy atom. The number of nitrogens with two attached hydrogens (primary N) is 1. The highest BCUT2D eigenvalue weighted by molar-refractivity contribution is 5.97. The Morgan fingerprint density at radius 1 is 1.12 bits per heavy atom. The number of oxime groups is 1. The van der Waals surface area contributed by atoms with Crippen LogP contribution in [0.2, 0.25) is 0 Å². The van der Waals surface area contributed by atoms with Crippen molar-refractivity contribution in [2.24, 2.45) is 10.9 Å². The molecule has 33 heavy (non-hydrogen) atoms. The number of hydrogen-bond donors (Lipinski definition) is 1. The molecule has 0 atom stereocenters. The summed E-state index contributed by atoms with van der Waals surface area (Å²) >= 11 is 0. The van der Waals surface area contributed by atoms with Crippen molar-refractivity contribution in [3.05, 3.63) is 64.3 Å². The number of aromatic nitrogens is 1. The third-order valence-corrected chi connectivity index (χ3v) is 3.85. The van der Waals surface area contributed by atoms with Gasteiger partial charge in [0.05, 0.1) is 30.1 Å². The maximum absolute atomic E-state index is 11.7. The molecule has 2 rings (SSSR count). The van der Waals surface area contributed by atoms with E-state index in [1.54, 1.807) is 37.3 Å². The van der Waals surface area contributed by atoms with Crippen LogP contribution in [-0.4, -0.2) is 54.6 Å². The van der Waals surface area contributed by atoms with Crippen LogP contribution in [0, 0.1) is 11.8 Å². The Labute approximate surface area is 192 Å². The van der Waals surface area contributed by atoms with Crippen molar-refractivity contribution >= 4 is 23.5 Å². The standard InChI is InChI=1S/C20H23N4O7.C2H6/c1-14-12-16(24(27)28-2)13-22-18(14)19(21)23-31-17(25)8-9-29-10-11-30-20(26)15-6-4-3-5-7-15;1-2/h3-7,12-13H,8-11H2,1-2H3,(H2,21,23);1-2H3/q+1;. The van der Waals surface area contributed by atoms with Crippen LogP contribution in [0.3, 0.4) is 0 Å². The highest BCUT2D eigenvalue weighted by Crippen LogP contribution is 2.14. The Morgan fingerprint density at radius 2 is 1.82 bits per heavy atom. The van der Waals surface area contributed by atoms with Crippen molar-refractivity contribution < 1.29 is 33.7 Å². The van der Waals surface area contributed by atoms with E-state index in [-0.39, 0.29) is 43.5 Å². The SMILES string of the molecule is CC.CO[N+](=O)c1cnc(/C(N)=N\OC(=O)CCOCCOC(=O)c2ccccc2)c(C)c1. The number of hydrogen-bond acceptors (Lipinski definition) is 9. The summed E-state index contributed by atoms with van der Waals surface area (Å²) in [5, 5.41) is 3.56. The van der Waals surface area contributed by atoms with Crippen LogP contribution in [0.25, 0.3) is 0 Å². The van der Waals surface area contributed by atoms with E-state index in [1.807, 2.05) is 13.8 Å². The number of esters is 1. The number of carbonyl (C=O) groups is 2. The minimum absolute atomic E-state index is 0.0542. The van der Waals surface area contributed by atoms with Gasteiger partial charge < -0.3 is 20.0 Å². The van der Waals surface area contributed by atoms with E-state index in [0.717, 1.165) is 0 Å². The molecule has 1 aromatic heterocycles. The zero-order valence-electron chi connectivity index (χ0n) is 19.1. The van der Waals surface area contributed by atoms with Gasteiger partial charge in [-0.25, -0.2) is 19.4 Å². The fourth-order valence-corrected chi connectivity index (χ4v) is 2.33. The number of nitrogens with zero attached hydrogens (tertiary/aromatic N) is 3. The number of ether oxygens (including phenoxy) is 2. The molecule has 0 spiro atoms. The molecule has 0 bridgehead atoms. The fraction of sp³-hybridized carbons (Fsp3) is 0.364. The molecule has 2 aromatic rings. The van der Waals surface area contributed by atoms with Gasteiger partial charge in [0.25, 0.3) is 4.92 Å². The zero-order valence-corrected chi connectivity index (χ0v) is 19.1. The molecule has 0 aliphatic heterocycles. The van der Waals surface area contributed by atoms with Gasteiger partial charge in [0.15, 0.2) is 12.9 Å². The summed E-state index contributed by atoms with van der Waals surface area (Å²) in [6.45, 7) is 5.90. The number of benzene rings is 1. The summed E-state index contributed by atoms with van der Waals surface area (Å²) in [5.41, 5.74) is 7.22. The number of aryl methyl sites for hydroxylation is 1. The van der Waals surface area contributed by atoms with Gasteiger partial charge in [-0.2, -0.15) is 0 Å². The van der Waals surface area contributed by atoms with Crippen molar-refractivity contribution in [1.29, 1.82) is 0 Å². The third kappa shape index (κ3) is 9.44. The minimum atomic E-state index is -0.663. The zero-order chi connectivity index (χ0) is 24.6. The van der Waals surface area contributed by atoms with Crippen molar-refractivity contribution in [2.75, 3.05) is 26.9 Å². The summed E-state index contributed by atoms with van der Waals surface area (Å²) in [6, 6.07) is 10.1. The van der Waals surface area contributed by atoms with Crippen LogP contribution < -0.4 is 5.73 Å². The first-order valence-corrected chi connectivity index (χ1v) is 10.2. The first kappa shape index (κ1) is 27.2. The summed E-state index contributed by atoms with van der Waals surface area (Å²) in [4.78, 5) is 48.5. The first-order chi connectivity index (χ1) is 15.9. The van der Waals surface area contributed by atoms with Gasteiger partial charge in [-0.15, -0.1) is 0 Å². The second-order valence-electron chi connectivity index (χ2n) is 6.10. The molecule has 11 heteroatoms. The van der Waals surface area contributed by atoms with E-state index in [0.29, 0.717) is 16.1 Å². The molecule has 0 saturated carbocycles. The number of amidine groups is 1. The molecule has 11 nitrogen and oxygen atoms in total. The molecule has 0 aliphatic carbocycles. The first-order valence-electron chi connectivity index (χ1n) is 10.2. The topological polar surface area (TPSA) is 142 Å². The smallest absolute Gasteiger partial charge is 0.338 e. The third-order valence-electron chi connectivity index (χ3n) is 3.85. The van der Waals surface area contributed by atoms with Gasteiger partial charge in [-0.1, -0.05) is 37.2 Å². The number of carbonyl (C=O) groups excluding carboxylic acids is 2. The van der Waals surface area contributed by atoms with Gasteiger partial charge in [0, 0.05) is 6.07 Å². The molecule has 0 amide bonds. The molecule has 1 aromatic carbocycles. The van der Waals surface area contributed by atoms with Crippen LogP contribution >= 0.6 is 0 Å². The molecule has 178 valence electrons. The molecular weight excluding hydrogens is 432 g/mol. The molecule has 1 heterocycles. The van der Waals surface area contributed by atoms with E-state index >= 15 is 0 Å². The molecule has 0 saturated heterocycles. The molecule has 0 radical (unpaired) electrons. The van der Waals surface area contributed by atoms with Gasteiger partial charge >= 0.3 is 17.6 Å². The van der Waals surface area contributed by atoms with Gasteiger partial charge in [0.1, 0.15) is 18.5 Å². The lowest BCUT2D eigenvalue weighted by molar-refractivity contribution is -0.736. The van der Waals surface area contributed by atoms with E-state index in [1.165, 1.54) is 19.4 Å². The van der Waals surface area contributed by atoms with E-state index in [9.17, 15) is 14.5 Å². The predicted molar refractivity (Wildman–Crippen MR) is 120 cm³/mol. The van der Waals surface area contributed by atoms with Crippen molar-refractivity contribution in [1.82, 2.24) is 4.98 Å². The van der Waals surface area contributed by atoms with Gasteiger partial charge in [0.2, 0.25) is 0 Å². The van der Waals surface area contributed by atoms with Gasteiger partial charge in [-0.05, 0) is 24.6 Å².